The van der Waals surface area contributed by atoms with Crippen molar-refractivity contribution in [3.05, 3.63) is 42.0 Å². The molecule has 0 atom stereocenters. The monoisotopic (exact) mass is 271 g/mol. The molecule has 2 rings (SSSR count). The number of hydrogen-bond donors (Lipinski definition) is 0. The largest absolute Gasteiger partial charge is 0.462 e. The number of pyridine rings is 1. The van der Waals surface area contributed by atoms with Gasteiger partial charge in [0.25, 0.3) is 0 Å². The van der Waals surface area contributed by atoms with Crippen molar-refractivity contribution in [2.24, 2.45) is 0 Å². The van der Waals surface area contributed by atoms with Gasteiger partial charge in [-0.3, -0.25) is 15.0 Å². The minimum absolute atomic E-state index is 0.325. The van der Waals surface area contributed by atoms with Crippen LogP contribution in [0.4, 0.5) is 0 Å². The second kappa shape index (κ2) is 6.75. The van der Waals surface area contributed by atoms with E-state index in [-0.39, 0.29) is 5.97 Å². The Morgan fingerprint density at radius 3 is 2.70 bits per heavy atom. The van der Waals surface area contributed by atoms with Gasteiger partial charge in [0.1, 0.15) is 5.69 Å². The summed E-state index contributed by atoms with van der Waals surface area (Å²) in [5.74, 6) is -0.325. The first-order valence-corrected chi connectivity index (χ1v) is 6.69. The molecule has 2 aromatic heterocycles. The highest BCUT2D eigenvalue weighted by Crippen LogP contribution is 2.18. The summed E-state index contributed by atoms with van der Waals surface area (Å²) in [6, 6.07) is 3.52. The highest BCUT2D eigenvalue weighted by molar-refractivity contribution is 5.91. The first-order chi connectivity index (χ1) is 9.76. The summed E-state index contributed by atoms with van der Waals surface area (Å²) in [4.78, 5) is 24.7. The quantitative estimate of drug-likeness (QED) is 0.782. The lowest BCUT2D eigenvalue weighted by molar-refractivity contribution is 0.0524. The number of nitrogens with zero attached hydrogens (tertiary/aromatic N) is 3. The molecular formula is C15H17N3O2. The molecule has 0 spiro atoms. The van der Waals surface area contributed by atoms with Crippen LogP contribution in [0.3, 0.4) is 0 Å². The Balaban J connectivity index is 2.39. The van der Waals surface area contributed by atoms with Crippen LogP contribution in [0.2, 0.25) is 0 Å². The number of carbonyl (C=O) groups excluding carboxylic acids is 1. The summed E-state index contributed by atoms with van der Waals surface area (Å²) in [5.41, 5.74) is 2.69. The van der Waals surface area contributed by atoms with Crippen molar-refractivity contribution >= 4 is 5.97 Å². The average molecular weight is 271 g/mol. The number of aromatic nitrogens is 3. The SMILES string of the molecule is CCCc1nc(-c2cnccn2)ccc1C(=O)OCC. The fourth-order valence-electron chi connectivity index (χ4n) is 1.90. The number of rotatable bonds is 5. The van der Waals surface area contributed by atoms with Gasteiger partial charge >= 0.3 is 5.97 Å². The molecule has 0 aliphatic rings. The van der Waals surface area contributed by atoms with E-state index in [1.54, 1.807) is 37.6 Å². The molecule has 0 amide bonds. The molecule has 0 saturated heterocycles. The van der Waals surface area contributed by atoms with E-state index in [1.807, 2.05) is 6.92 Å². The Morgan fingerprint density at radius 1 is 1.20 bits per heavy atom. The van der Waals surface area contributed by atoms with Crippen LogP contribution in [-0.2, 0) is 11.2 Å². The Morgan fingerprint density at radius 2 is 2.05 bits per heavy atom. The highest BCUT2D eigenvalue weighted by Gasteiger charge is 2.15. The van der Waals surface area contributed by atoms with E-state index in [1.165, 1.54) is 0 Å². The zero-order chi connectivity index (χ0) is 14.4. The molecule has 5 heteroatoms. The molecule has 0 radical (unpaired) electrons. The van der Waals surface area contributed by atoms with E-state index in [9.17, 15) is 4.79 Å². The maximum Gasteiger partial charge on any atom is 0.339 e. The van der Waals surface area contributed by atoms with Crippen LogP contribution in [-0.4, -0.2) is 27.5 Å². The summed E-state index contributed by atoms with van der Waals surface area (Å²) in [6.45, 7) is 4.20. The van der Waals surface area contributed by atoms with Gasteiger partial charge in [0, 0.05) is 12.4 Å². The van der Waals surface area contributed by atoms with Crippen LogP contribution in [0, 0.1) is 0 Å². The van der Waals surface area contributed by atoms with Gasteiger partial charge in [-0.15, -0.1) is 0 Å². The maximum atomic E-state index is 11.9. The number of esters is 1. The summed E-state index contributed by atoms with van der Waals surface area (Å²) in [6.07, 6.45) is 6.52. The number of carbonyl (C=O) groups is 1. The predicted molar refractivity (Wildman–Crippen MR) is 75.2 cm³/mol. The van der Waals surface area contributed by atoms with Crippen LogP contribution in [0.1, 0.15) is 36.3 Å². The third kappa shape index (κ3) is 3.17. The van der Waals surface area contributed by atoms with E-state index < -0.39 is 0 Å². The van der Waals surface area contributed by atoms with Crippen LogP contribution < -0.4 is 0 Å². The zero-order valence-corrected chi connectivity index (χ0v) is 11.7. The molecule has 0 N–H and O–H groups in total. The maximum absolute atomic E-state index is 11.9. The first kappa shape index (κ1) is 14.1. The molecule has 0 fully saturated rings. The van der Waals surface area contributed by atoms with Crippen molar-refractivity contribution in [2.75, 3.05) is 6.61 Å². The van der Waals surface area contributed by atoms with Gasteiger partial charge in [-0.05, 0) is 25.5 Å². The standard InChI is InChI=1S/C15H17N3O2/c1-3-5-12-11(15(19)20-4-2)6-7-13(18-12)14-10-16-8-9-17-14/h6-10H,3-5H2,1-2H3. The van der Waals surface area contributed by atoms with Gasteiger partial charge in [0.05, 0.1) is 29.8 Å². The van der Waals surface area contributed by atoms with Crippen molar-refractivity contribution in [1.29, 1.82) is 0 Å². The summed E-state index contributed by atoms with van der Waals surface area (Å²) in [5, 5.41) is 0. The summed E-state index contributed by atoms with van der Waals surface area (Å²) >= 11 is 0. The van der Waals surface area contributed by atoms with Crippen molar-refractivity contribution in [3.8, 4) is 11.4 Å². The number of hydrogen-bond acceptors (Lipinski definition) is 5. The molecule has 0 unspecified atom stereocenters. The minimum Gasteiger partial charge on any atom is -0.462 e. The second-order valence-corrected chi connectivity index (χ2v) is 4.25. The van der Waals surface area contributed by atoms with Crippen LogP contribution >= 0.6 is 0 Å². The minimum atomic E-state index is -0.325. The van der Waals surface area contributed by atoms with Crippen molar-refractivity contribution in [2.45, 2.75) is 26.7 Å². The van der Waals surface area contributed by atoms with E-state index in [4.69, 9.17) is 4.74 Å². The van der Waals surface area contributed by atoms with Crippen molar-refractivity contribution in [3.63, 3.8) is 0 Å². The highest BCUT2D eigenvalue weighted by atomic mass is 16.5. The number of aryl methyl sites for hydroxylation is 1. The fraction of sp³-hybridized carbons (Fsp3) is 0.333. The normalized spacial score (nSPS) is 10.3. The lowest BCUT2D eigenvalue weighted by Crippen LogP contribution is -2.10. The van der Waals surface area contributed by atoms with Crippen molar-refractivity contribution < 1.29 is 9.53 Å². The van der Waals surface area contributed by atoms with E-state index in [2.05, 4.69) is 15.0 Å². The van der Waals surface area contributed by atoms with Crippen LogP contribution in [0.5, 0.6) is 0 Å². The fourth-order valence-corrected chi connectivity index (χ4v) is 1.90. The van der Waals surface area contributed by atoms with Gasteiger partial charge < -0.3 is 4.74 Å². The number of ether oxygens (including phenoxy) is 1. The van der Waals surface area contributed by atoms with Gasteiger partial charge in [-0.1, -0.05) is 13.3 Å². The van der Waals surface area contributed by atoms with Crippen LogP contribution in [0.15, 0.2) is 30.7 Å². The molecule has 0 aromatic carbocycles. The molecule has 2 aromatic rings. The smallest absolute Gasteiger partial charge is 0.339 e. The van der Waals surface area contributed by atoms with E-state index in [0.29, 0.717) is 17.9 Å². The van der Waals surface area contributed by atoms with Crippen molar-refractivity contribution in [1.82, 2.24) is 15.0 Å². The summed E-state index contributed by atoms with van der Waals surface area (Å²) in [7, 11) is 0. The molecule has 20 heavy (non-hydrogen) atoms. The van der Waals surface area contributed by atoms with Gasteiger partial charge in [-0.25, -0.2) is 4.79 Å². The molecule has 2 heterocycles. The predicted octanol–water partition coefficient (Wildman–Crippen LogP) is 2.67. The molecule has 0 saturated carbocycles. The van der Waals surface area contributed by atoms with Gasteiger partial charge in [0.2, 0.25) is 0 Å². The molecule has 5 nitrogen and oxygen atoms in total. The molecular weight excluding hydrogens is 254 g/mol. The Bertz CT molecular complexity index is 585. The molecule has 0 aliphatic carbocycles. The third-order valence-electron chi connectivity index (χ3n) is 2.78. The third-order valence-corrected chi connectivity index (χ3v) is 2.78. The Labute approximate surface area is 118 Å². The Kier molecular flexibility index (Phi) is 4.76. The van der Waals surface area contributed by atoms with Gasteiger partial charge in [-0.2, -0.15) is 0 Å². The molecule has 0 bridgehead atoms. The van der Waals surface area contributed by atoms with E-state index >= 15 is 0 Å². The summed E-state index contributed by atoms with van der Waals surface area (Å²) < 4.78 is 5.05. The Hall–Kier alpha value is -2.30. The average Bonchev–Trinajstić information content (AvgIpc) is 2.48. The topological polar surface area (TPSA) is 65.0 Å². The van der Waals surface area contributed by atoms with Crippen LogP contribution in [0.25, 0.3) is 11.4 Å². The first-order valence-electron chi connectivity index (χ1n) is 6.69. The van der Waals surface area contributed by atoms with E-state index in [0.717, 1.165) is 24.2 Å². The molecule has 0 aliphatic heterocycles. The molecule has 104 valence electrons. The lowest BCUT2D eigenvalue weighted by atomic mass is 10.1. The second-order valence-electron chi connectivity index (χ2n) is 4.25. The lowest BCUT2D eigenvalue weighted by Gasteiger charge is -2.09. The van der Waals surface area contributed by atoms with Gasteiger partial charge in [0.15, 0.2) is 0 Å². The zero-order valence-electron chi connectivity index (χ0n) is 11.7.